The molecule has 1 saturated heterocycles. The van der Waals surface area contributed by atoms with Gasteiger partial charge in [-0.2, -0.15) is 18.2 Å². The quantitative estimate of drug-likeness (QED) is 0.475. The molecule has 1 fully saturated rings. The summed E-state index contributed by atoms with van der Waals surface area (Å²) in [6, 6.07) is 10.2. The Kier molecular flexibility index (Phi) is 7.18. The number of nitrogens with one attached hydrogen (secondary N) is 1. The maximum absolute atomic E-state index is 13.8. The predicted molar refractivity (Wildman–Crippen MR) is 129 cm³/mol. The van der Waals surface area contributed by atoms with Crippen LogP contribution in [-0.4, -0.2) is 47.0 Å². The molecule has 2 heterocycles. The van der Waals surface area contributed by atoms with Crippen molar-refractivity contribution in [3.8, 4) is 5.75 Å². The lowest BCUT2D eigenvalue weighted by molar-refractivity contribution is -0.137. The van der Waals surface area contributed by atoms with E-state index in [1.807, 2.05) is 29.2 Å². The van der Waals surface area contributed by atoms with Crippen LogP contribution in [0, 0.1) is 5.82 Å². The zero-order valence-electron chi connectivity index (χ0n) is 19.3. The lowest BCUT2D eigenvalue weighted by Crippen LogP contribution is -2.60. The molecule has 1 aromatic heterocycles. The summed E-state index contributed by atoms with van der Waals surface area (Å²) in [6.45, 7) is 6.24. The van der Waals surface area contributed by atoms with Gasteiger partial charge in [-0.3, -0.25) is 0 Å². The minimum Gasteiger partial charge on any atom is -0.497 e. The average Bonchev–Trinajstić information content (AvgIpc) is 3.12. The first-order valence-electron chi connectivity index (χ1n) is 10.7. The van der Waals surface area contributed by atoms with E-state index < -0.39 is 17.6 Å². The van der Waals surface area contributed by atoms with Gasteiger partial charge in [0.1, 0.15) is 11.6 Å². The van der Waals surface area contributed by atoms with Crippen LogP contribution in [0.2, 0.25) is 0 Å². The molecule has 0 spiro atoms. The Hall–Kier alpha value is -3.50. The molecule has 1 N–H and O–H groups in total. The number of piperazine rings is 1. The standard InChI is InChI=1S/C23H26F4N6O.CH4/c1-22(2)14-32(9-10-33(22)18-5-7-19(34-4)8-6-18)21-29-20(31(3)30-21)28-17-12-15(23(25,26)27)11-16(24)13-17;/h5-8,11-13H,9-10,14H2,1-4H3,(H,28,29,30);1H4. The smallest absolute Gasteiger partial charge is 0.416 e. The summed E-state index contributed by atoms with van der Waals surface area (Å²) in [7, 11) is 3.26. The van der Waals surface area contributed by atoms with Crippen LogP contribution >= 0.6 is 0 Å². The third-order valence-electron chi connectivity index (χ3n) is 5.80. The van der Waals surface area contributed by atoms with Crippen molar-refractivity contribution in [1.29, 1.82) is 0 Å². The highest BCUT2D eigenvalue weighted by atomic mass is 19.4. The third kappa shape index (κ3) is 5.60. The van der Waals surface area contributed by atoms with E-state index in [4.69, 9.17) is 4.74 Å². The number of hydrogen-bond acceptors (Lipinski definition) is 6. The van der Waals surface area contributed by atoms with Gasteiger partial charge in [0, 0.05) is 38.1 Å². The molecule has 0 saturated carbocycles. The van der Waals surface area contributed by atoms with Gasteiger partial charge in [-0.25, -0.2) is 9.07 Å². The van der Waals surface area contributed by atoms with Gasteiger partial charge in [0.05, 0.1) is 18.2 Å². The molecule has 1 aliphatic rings. The van der Waals surface area contributed by atoms with Crippen molar-refractivity contribution in [2.75, 3.05) is 41.9 Å². The predicted octanol–water partition coefficient (Wildman–Crippen LogP) is 5.47. The first kappa shape index (κ1) is 26.1. The van der Waals surface area contributed by atoms with Crippen LogP contribution in [0.15, 0.2) is 42.5 Å². The van der Waals surface area contributed by atoms with Crippen LogP contribution < -0.4 is 19.9 Å². The fourth-order valence-corrected chi connectivity index (χ4v) is 4.13. The molecule has 2 aromatic carbocycles. The van der Waals surface area contributed by atoms with Crippen molar-refractivity contribution in [3.63, 3.8) is 0 Å². The normalized spacial score (nSPS) is 15.5. The molecule has 1 aliphatic heterocycles. The maximum Gasteiger partial charge on any atom is 0.416 e. The Morgan fingerprint density at radius 3 is 2.34 bits per heavy atom. The molecular formula is C24H30F4N6O. The number of benzene rings is 2. The van der Waals surface area contributed by atoms with Gasteiger partial charge in [0.15, 0.2) is 0 Å². The number of alkyl halides is 3. The molecule has 3 aromatic rings. The van der Waals surface area contributed by atoms with Crippen LogP contribution in [-0.2, 0) is 13.2 Å². The number of nitrogens with zero attached hydrogens (tertiary/aromatic N) is 5. The minimum absolute atomic E-state index is 0. The van der Waals surface area contributed by atoms with E-state index in [1.54, 1.807) is 14.2 Å². The molecule has 0 atom stereocenters. The molecule has 7 nitrogen and oxygen atoms in total. The van der Waals surface area contributed by atoms with E-state index in [0.29, 0.717) is 25.1 Å². The van der Waals surface area contributed by atoms with Crippen LogP contribution in [0.25, 0.3) is 0 Å². The first-order chi connectivity index (χ1) is 16.0. The summed E-state index contributed by atoms with van der Waals surface area (Å²) in [4.78, 5) is 8.79. The average molecular weight is 495 g/mol. The van der Waals surface area contributed by atoms with Gasteiger partial charge in [-0.05, 0) is 56.3 Å². The van der Waals surface area contributed by atoms with Crippen molar-refractivity contribution in [2.24, 2.45) is 7.05 Å². The number of ether oxygens (including phenoxy) is 1. The SMILES string of the molecule is C.COc1ccc(N2CCN(c3nc(Nc4cc(F)cc(C(F)(F)F)c4)n(C)n3)CC2(C)C)cc1. The van der Waals surface area contributed by atoms with Gasteiger partial charge in [0.2, 0.25) is 11.9 Å². The number of halogens is 4. The fourth-order valence-electron chi connectivity index (χ4n) is 4.13. The van der Waals surface area contributed by atoms with Crippen LogP contribution in [0.4, 0.5) is 40.8 Å². The number of aryl methyl sites for hydroxylation is 1. The number of rotatable bonds is 5. The van der Waals surface area contributed by atoms with E-state index >= 15 is 0 Å². The molecular weight excluding hydrogens is 464 g/mol. The lowest BCUT2D eigenvalue weighted by atomic mass is 9.98. The molecule has 4 rings (SSSR count). The highest BCUT2D eigenvalue weighted by Crippen LogP contribution is 2.33. The molecule has 0 bridgehead atoms. The minimum atomic E-state index is -4.65. The summed E-state index contributed by atoms with van der Waals surface area (Å²) in [6.07, 6.45) is -4.65. The van der Waals surface area contributed by atoms with Crippen molar-refractivity contribution in [1.82, 2.24) is 14.8 Å². The second-order valence-corrected chi connectivity index (χ2v) is 8.79. The van der Waals surface area contributed by atoms with Crippen molar-refractivity contribution >= 4 is 23.3 Å². The Bertz CT molecular complexity index is 1160. The van der Waals surface area contributed by atoms with Gasteiger partial charge < -0.3 is 19.9 Å². The Morgan fingerprint density at radius 1 is 1.06 bits per heavy atom. The van der Waals surface area contributed by atoms with Crippen LogP contribution in [0.1, 0.15) is 26.8 Å². The first-order valence-corrected chi connectivity index (χ1v) is 10.7. The van der Waals surface area contributed by atoms with E-state index in [2.05, 4.69) is 34.1 Å². The largest absolute Gasteiger partial charge is 0.497 e. The fraction of sp³-hybridized carbons (Fsp3) is 0.417. The van der Waals surface area contributed by atoms with E-state index in [0.717, 1.165) is 30.1 Å². The third-order valence-corrected chi connectivity index (χ3v) is 5.80. The number of hydrogen-bond donors (Lipinski definition) is 1. The maximum atomic E-state index is 13.8. The van der Waals surface area contributed by atoms with Crippen molar-refractivity contribution in [3.05, 3.63) is 53.8 Å². The lowest BCUT2D eigenvalue weighted by Gasteiger charge is -2.48. The molecule has 11 heteroatoms. The summed E-state index contributed by atoms with van der Waals surface area (Å²) >= 11 is 0. The molecule has 0 amide bonds. The second kappa shape index (κ2) is 9.63. The number of anilines is 4. The summed E-state index contributed by atoms with van der Waals surface area (Å²) < 4.78 is 59.5. The Morgan fingerprint density at radius 2 is 1.74 bits per heavy atom. The van der Waals surface area contributed by atoms with Crippen LogP contribution in [0.3, 0.4) is 0 Å². The van der Waals surface area contributed by atoms with Crippen molar-refractivity contribution in [2.45, 2.75) is 33.0 Å². The highest BCUT2D eigenvalue weighted by Gasteiger charge is 2.35. The molecule has 0 radical (unpaired) electrons. The van der Waals surface area contributed by atoms with Gasteiger partial charge in [0.25, 0.3) is 0 Å². The number of aromatic nitrogens is 3. The van der Waals surface area contributed by atoms with Crippen molar-refractivity contribution < 1.29 is 22.3 Å². The summed E-state index contributed by atoms with van der Waals surface area (Å²) in [5, 5.41) is 7.18. The second-order valence-electron chi connectivity index (χ2n) is 8.79. The van der Waals surface area contributed by atoms with Gasteiger partial charge in [-0.15, -0.1) is 5.10 Å². The Balaban J connectivity index is 0.00000342. The number of methoxy groups -OCH3 is 1. The molecule has 0 unspecified atom stereocenters. The monoisotopic (exact) mass is 494 g/mol. The van der Waals surface area contributed by atoms with Gasteiger partial charge in [-0.1, -0.05) is 7.43 Å². The van der Waals surface area contributed by atoms with Crippen LogP contribution in [0.5, 0.6) is 5.75 Å². The zero-order chi connectivity index (χ0) is 24.7. The van der Waals surface area contributed by atoms with E-state index in [1.165, 1.54) is 4.68 Å². The van der Waals surface area contributed by atoms with E-state index in [9.17, 15) is 17.6 Å². The van der Waals surface area contributed by atoms with Gasteiger partial charge >= 0.3 is 6.18 Å². The molecule has 190 valence electrons. The molecule has 0 aliphatic carbocycles. The summed E-state index contributed by atoms with van der Waals surface area (Å²) in [5.74, 6) is 0.457. The Labute approximate surface area is 202 Å². The summed E-state index contributed by atoms with van der Waals surface area (Å²) in [5.41, 5.74) is -0.301. The van der Waals surface area contributed by atoms with E-state index in [-0.39, 0.29) is 24.6 Å². The highest BCUT2D eigenvalue weighted by molar-refractivity contribution is 5.57. The molecule has 35 heavy (non-hydrogen) atoms. The zero-order valence-corrected chi connectivity index (χ0v) is 19.3. The topological polar surface area (TPSA) is 58.5 Å².